The van der Waals surface area contributed by atoms with Crippen LogP contribution in [0.4, 0.5) is 11.4 Å². The fourth-order valence-electron chi connectivity index (χ4n) is 2.67. The number of carbonyl (C=O) groups excluding carboxylic acids is 2. The SMILES string of the molecule is CCCC(=O)Nc1ccc2c(c1)N(Cc1ccccc1)C(=O)CO2. The molecule has 2 amide bonds. The first-order chi connectivity index (χ1) is 11.7. The highest BCUT2D eigenvalue weighted by atomic mass is 16.5. The minimum Gasteiger partial charge on any atom is -0.482 e. The number of anilines is 2. The first kappa shape index (κ1) is 16.1. The second-order valence-electron chi connectivity index (χ2n) is 5.73. The summed E-state index contributed by atoms with van der Waals surface area (Å²) in [6, 6.07) is 15.2. The molecule has 1 aliphatic heterocycles. The Morgan fingerprint density at radius 3 is 2.75 bits per heavy atom. The van der Waals surface area contributed by atoms with Gasteiger partial charge in [0.2, 0.25) is 5.91 Å². The second-order valence-corrected chi connectivity index (χ2v) is 5.73. The molecule has 0 atom stereocenters. The number of rotatable bonds is 5. The van der Waals surface area contributed by atoms with Gasteiger partial charge in [0.15, 0.2) is 6.61 Å². The summed E-state index contributed by atoms with van der Waals surface area (Å²) < 4.78 is 5.51. The van der Waals surface area contributed by atoms with Gasteiger partial charge in [-0.05, 0) is 30.2 Å². The van der Waals surface area contributed by atoms with Gasteiger partial charge in [-0.25, -0.2) is 0 Å². The van der Waals surface area contributed by atoms with Crippen LogP contribution in [-0.4, -0.2) is 18.4 Å². The summed E-state index contributed by atoms with van der Waals surface area (Å²) in [5.74, 6) is 0.525. The van der Waals surface area contributed by atoms with Crippen molar-refractivity contribution in [1.82, 2.24) is 0 Å². The molecule has 0 radical (unpaired) electrons. The van der Waals surface area contributed by atoms with Crippen molar-refractivity contribution in [3.8, 4) is 5.75 Å². The van der Waals surface area contributed by atoms with Crippen LogP contribution in [-0.2, 0) is 16.1 Å². The molecule has 0 aromatic heterocycles. The number of carbonyl (C=O) groups is 2. The van der Waals surface area contributed by atoms with Crippen molar-refractivity contribution in [2.24, 2.45) is 0 Å². The van der Waals surface area contributed by atoms with E-state index in [-0.39, 0.29) is 18.4 Å². The van der Waals surface area contributed by atoms with Gasteiger partial charge < -0.3 is 15.0 Å². The predicted octanol–water partition coefficient (Wildman–Crippen LogP) is 3.35. The molecule has 24 heavy (non-hydrogen) atoms. The van der Waals surface area contributed by atoms with Crippen molar-refractivity contribution in [3.63, 3.8) is 0 Å². The standard InChI is InChI=1S/C19H20N2O3/c1-2-6-18(22)20-15-9-10-17-16(11-15)21(19(23)13-24-17)12-14-7-4-3-5-8-14/h3-5,7-11H,2,6,12-13H2,1H3,(H,20,22). The molecule has 5 nitrogen and oxygen atoms in total. The summed E-state index contributed by atoms with van der Waals surface area (Å²) >= 11 is 0. The minimum atomic E-state index is -0.0941. The molecule has 0 unspecified atom stereocenters. The lowest BCUT2D eigenvalue weighted by molar-refractivity contribution is -0.121. The smallest absolute Gasteiger partial charge is 0.265 e. The lowest BCUT2D eigenvalue weighted by atomic mass is 10.1. The molecule has 2 aromatic rings. The average molecular weight is 324 g/mol. The van der Waals surface area contributed by atoms with Gasteiger partial charge in [0.25, 0.3) is 5.91 Å². The van der Waals surface area contributed by atoms with E-state index in [0.29, 0.717) is 30.1 Å². The van der Waals surface area contributed by atoms with E-state index in [0.717, 1.165) is 12.0 Å². The van der Waals surface area contributed by atoms with Gasteiger partial charge in [0.05, 0.1) is 12.2 Å². The van der Waals surface area contributed by atoms with Crippen molar-refractivity contribution in [2.45, 2.75) is 26.3 Å². The molecule has 1 aliphatic rings. The summed E-state index contributed by atoms with van der Waals surface area (Å²) in [5, 5.41) is 2.86. The largest absolute Gasteiger partial charge is 0.482 e. The molecule has 3 rings (SSSR count). The lowest BCUT2D eigenvalue weighted by Crippen LogP contribution is -2.38. The number of benzene rings is 2. The first-order valence-electron chi connectivity index (χ1n) is 8.08. The van der Waals surface area contributed by atoms with Gasteiger partial charge in [0.1, 0.15) is 5.75 Å². The van der Waals surface area contributed by atoms with Gasteiger partial charge in [-0.3, -0.25) is 9.59 Å². The van der Waals surface area contributed by atoms with Crippen molar-refractivity contribution in [3.05, 3.63) is 54.1 Å². The Hall–Kier alpha value is -2.82. The van der Waals surface area contributed by atoms with Crippen LogP contribution in [0, 0.1) is 0 Å². The number of amides is 2. The second kappa shape index (κ2) is 7.17. The molecule has 0 saturated carbocycles. The maximum Gasteiger partial charge on any atom is 0.265 e. The number of hydrogen-bond donors (Lipinski definition) is 1. The maximum absolute atomic E-state index is 12.3. The summed E-state index contributed by atoms with van der Waals surface area (Å²) in [4.78, 5) is 25.8. The quantitative estimate of drug-likeness (QED) is 0.917. The average Bonchev–Trinajstić information content (AvgIpc) is 2.59. The minimum absolute atomic E-state index is 0.0291. The van der Waals surface area contributed by atoms with Crippen molar-refractivity contribution in [1.29, 1.82) is 0 Å². The van der Waals surface area contributed by atoms with E-state index >= 15 is 0 Å². The van der Waals surface area contributed by atoms with Crippen molar-refractivity contribution >= 4 is 23.2 Å². The van der Waals surface area contributed by atoms with Crippen LogP contribution in [0.2, 0.25) is 0 Å². The Morgan fingerprint density at radius 2 is 2.00 bits per heavy atom. The molecule has 1 heterocycles. The van der Waals surface area contributed by atoms with E-state index in [1.54, 1.807) is 23.1 Å². The Morgan fingerprint density at radius 1 is 1.21 bits per heavy atom. The Kier molecular flexibility index (Phi) is 4.79. The van der Waals surface area contributed by atoms with Crippen LogP contribution in [0.1, 0.15) is 25.3 Å². The Balaban J connectivity index is 1.87. The van der Waals surface area contributed by atoms with E-state index in [4.69, 9.17) is 4.74 Å². The van der Waals surface area contributed by atoms with Crippen LogP contribution in [0.25, 0.3) is 0 Å². The molecular formula is C19H20N2O3. The van der Waals surface area contributed by atoms with E-state index < -0.39 is 0 Å². The molecule has 1 N–H and O–H groups in total. The summed E-state index contributed by atoms with van der Waals surface area (Å²) in [7, 11) is 0. The van der Waals surface area contributed by atoms with E-state index in [1.807, 2.05) is 37.3 Å². The number of nitrogens with zero attached hydrogens (tertiary/aromatic N) is 1. The lowest BCUT2D eigenvalue weighted by Gasteiger charge is -2.30. The Bertz CT molecular complexity index is 744. The molecular weight excluding hydrogens is 304 g/mol. The molecule has 0 spiro atoms. The van der Waals surface area contributed by atoms with Crippen molar-refractivity contribution in [2.75, 3.05) is 16.8 Å². The third-order valence-corrected chi connectivity index (χ3v) is 3.85. The molecule has 0 bridgehead atoms. The fourth-order valence-corrected chi connectivity index (χ4v) is 2.67. The monoisotopic (exact) mass is 324 g/mol. The summed E-state index contributed by atoms with van der Waals surface area (Å²) in [6.07, 6.45) is 1.26. The highest BCUT2D eigenvalue weighted by Gasteiger charge is 2.26. The zero-order chi connectivity index (χ0) is 16.9. The number of nitrogens with one attached hydrogen (secondary N) is 1. The molecule has 0 aliphatic carbocycles. The van der Waals surface area contributed by atoms with Gasteiger partial charge in [0, 0.05) is 12.1 Å². The molecule has 0 saturated heterocycles. The zero-order valence-electron chi connectivity index (χ0n) is 13.6. The van der Waals surface area contributed by atoms with Gasteiger partial charge in [-0.2, -0.15) is 0 Å². The van der Waals surface area contributed by atoms with E-state index in [2.05, 4.69) is 5.32 Å². The van der Waals surface area contributed by atoms with E-state index in [1.165, 1.54) is 0 Å². The molecule has 2 aromatic carbocycles. The first-order valence-corrected chi connectivity index (χ1v) is 8.08. The predicted molar refractivity (Wildman–Crippen MR) is 93.1 cm³/mol. The number of hydrogen-bond acceptors (Lipinski definition) is 3. The van der Waals surface area contributed by atoms with Gasteiger partial charge in [-0.15, -0.1) is 0 Å². The summed E-state index contributed by atoms with van der Waals surface area (Å²) in [6.45, 7) is 2.46. The van der Waals surface area contributed by atoms with Gasteiger partial charge >= 0.3 is 0 Å². The third-order valence-electron chi connectivity index (χ3n) is 3.85. The van der Waals surface area contributed by atoms with Gasteiger partial charge in [-0.1, -0.05) is 37.3 Å². The highest BCUT2D eigenvalue weighted by Crippen LogP contribution is 2.35. The maximum atomic E-state index is 12.3. The van der Waals surface area contributed by atoms with Crippen LogP contribution in [0.5, 0.6) is 5.75 Å². The number of ether oxygens (including phenoxy) is 1. The van der Waals surface area contributed by atoms with Crippen LogP contribution in [0.15, 0.2) is 48.5 Å². The normalized spacial score (nSPS) is 13.2. The summed E-state index contributed by atoms with van der Waals surface area (Å²) in [5.41, 5.74) is 2.40. The van der Waals surface area contributed by atoms with Crippen molar-refractivity contribution < 1.29 is 14.3 Å². The molecule has 0 fully saturated rings. The number of fused-ring (bicyclic) bond motifs is 1. The molecule has 5 heteroatoms. The van der Waals surface area contributed by atoms with Crippen LogP contribution in [0.3, 0.4) is 0 Å². The Labute approximate surface area is 141 Å². The molecule has 124 valence electrons. The van der Waals surface area contributed by atoms with E-state index in [9.17, 15) is 9.59 Å². The van der Waals surface area contributed by atoms with Crippen LogP contribution < -0.4 is 15.0 Å². The fraction of sp³-hybridized carbons (Fsp3) is 0.263. The third kappa shape index (κ3) is 3.56. The van der Waals surface area contributed by atoms with Crippen LogP contribution >= 0.6 is 0 Å². The highest BCUT2D eigenvalue weighted by molar-refractivity contribution is 5.99. The zero-order valence-corrected chi connectivity index (χ0v) is 13.6. The topological polar surface area (TPSA) is 58.6 Å².